The number of hydrogen-bond acceptors (Lipinski definition) is 3. The van der Waals surface area contributed by atoms with E-state index in [0.717, 1.165) is 17.1 Å². The lowest BCUT2D eigenvalue weighted by atomic mass is 10.1. The van der Waals surface area contributed by atoms with Crippen molar-refractivity contribution in [3.05, 3.63) is 16.6 Å². The molecule has 3 nitrogen and oxygen atoms in total. The van der Waals surface area contributed by atoms with Gasteiger partial charge in [0.25, 0.3) is 0 Å². The van der Waals surface area contributed by atoms with E-state index >= 15 is 0 Å². The summed E-state index contributed by atoms with van der Waals surface area (Å²) < 4.78 is 3.83. The molecule has 0 fully saturated rings. The molecule has 1 aromatic heterocycles. The van der Waals surface area contributed by atoms with Crippen LogP contribution in [0.2, 0.25) is 0 Å². The molecule has 0 bridgehead atoms. The quantitative estimate of drug-likeness (QED) is 0.740. The summed E-state index contributed by atoms with van der Waals surface area (Å²) in [6.45, 7) is 3.91. The molecule has 4 heteroatoms. The molecule has 1 N–H and O–H groups in total. The number of aromatic carboxylic acids is 1. The van der Waals surface area contributed by atoms with Gasteiger partial charge in [0.1, 0.15) is 4.88 Å². The molecule has 60 valence electrons. The zero-order chi connectivity index (χ0) is 8.43. The van der Waals surface area contributed by atoms with E-state index < -0.39 is 5.97 Å². The Morgan fingerprint density at radius 1 is 1.73 bits per heavy atom. The third-order valence-electron chi connectivity index (χ3n) is 1.41. The highest BCUT2D eigenvalue weighted by Gasteiger charge is 2.14. The van der Waals surface area contributed by atoms with Crippen LogP contribution in [0.4, 0.5) is 0 Å². The molecule has 0 radical (unpaired) electrons. The lowest BCUT2D eigenvalue weighted by Crippen LogP contribution is -1.98. The molecule has 0 aliphatic carbocycles. The second kappa shape index (κ2) is 3.00. The maximum absolute atomic E-state index is 10.6. The molecule has 0 unspecified atom stereocenters. The smallest absolute Gasteiger partial charge is 0.347 e. The van der Waals surface area contributed by atoms with Crippen LogP contribution in [0.5, 0.6) is 0 Å². The van der Waals surface area contributed by atoms with Gasteiger partial charge in [-0.3, -0.25) is 0 Å². The van der Waals surface area contributed by atoms with Crippen LogP contribution in [0.1, 0.15) is 35.0 Å². The molecular formula is C7H9NO2S. The lowest BCUT2D eigenvalue weighted by molar-refractivity contribution is 0.0700. The molecule has 1 heterocycles. The minimum Gasteiger partial charge on any atom is -0.477 e. The summed E-state index contributed by atoms with van der Waals surface area (Å²) in [5, 5.41) is 8.67. The summed E-state index contributed by atoms with van der Waals surface area (Å²) in [6, 6.07) is 0. The summed E-state index contributed by atoms with van der Waals surface area (Å²) in [5.74, 6) is -0.643. The van der Waals surface area contributed by atoms with Gasteiger partial charge >= 0.3 is 5.97 Å². The molecule has 0 aliphatic heterocycles. The predicted octanol–water partition coefficient (Wildman–Crippen LogP) is 1.96. The highest BCUT2D eigenvalue weighted by Crippen LogP contribution is 2.21. The van der Waals surface area contributed by atoms with Crippen molar-refractivity contribution in [3.63, 3.8) is 0 Å². The van der Waals surface area contributed by atoms with Crippen LogP contribution in [-0.4, -0.2) is 15.4 Å². The van der Waals surface area contributed by atoms with E-state index in [2.05, 4.69) is 4.37 Å². The van der Waals surface area contributed by atoms with Crippen LogP contribution in [0, 0.1) is 0 Å². The minimum atomic E-state index is -0.879. The van der Waals surface area contributed by atoms with E-state index in [4.69, 9.17) is 5.11 Å². The van der Waals surface area contributed by atoms with Crippen LogP contribution in [0.25, 0.3) is 0 Å². The first-order valence-corrected chi connectivity index (χ1v) is 4.08. The minimum absolute atomic E-state index is 0.236. The summed E-state index contributed by atoms with van der Waals surface area (Å²) in [4.78, 5) is 10.9. The fourth-order valence-corrected chi connectivity index (χ4v) is 1.56. The molecule has 0 amide bonds. The average molecular weight is 171 g/mol. The molecular weight excluding hydrogens is 162 g/mol. The number of carboxylic acids is 1. The van der Waals surface area contributed by atoms with Crippen molar-refractivity contribution in [2.75, 3.05) is 0 Å². The maximum atomic E-state index is 10.6. The Balaban J connectivity index is 3.06. The van der Waals surface area contributed by atoms with Gasteiger partial charge in [-0.05, 0) is 17.5 Å². The van der Waals surface area contributed by atoms with Crippen LogP contribution in [0.15, 0.2) is 6.20 Å². The van der Waals surface area contributed by atoms with Gasteiger partial charge < -0.3 is 5.11 Å². The Hall–Kier alpha value is -0.900. The van der Waals surface area contributed by atoms with Crippen molar-refractivity contribution in [2.24, 2.45) is 0 Å². The first kappa shape index (κ1) is 8.20. The van der Waals surface area contributed by atoms with E-state index in [1.54, 1.807) is 6.20 Å². The zero-order valence-corrected chi connectivity index (χ0v) is 7.18. The van der Waals surface area contributed by atoms with Crippen molar-refractivity contribution in [1.82, 2.24) is 4.37 Å². The highest BCUT2D eigenvalue weighted by atomic mass is 32.1. The lowest BCUT2D eigenvalue weighted by Gasteiger charge is -2.00. The summed E-state index contributed by atoms with van der Waals surface area (Å²) >= 11 is 1.04. The van der Waals surface area contributed by atoms with Gasteiger partial charge in [-0.2, -0.15) is 0 Å². The highest BCUT2D eigenvalue weighted by molar-refractivity contribution is 7.08. The molecule has 0 aliphatic rings. The van der Waals surface area contributed by atoms with Gasteiger partial charge in [-0.15, -0.1) is 0 Å². The Kier molecular flexibility index (Phi) is 2.24. The number of nitrogens with zero attached hydrogens (tertiary/aromatic N) is 1. The van der Waals surface area contributed by atoms with E-state index in [9.17, 15) is 4.79 Å². The Morgan fingerprint density at radius 2 is 2.36 bits per heavy atom. The van der Waals surface area contributed by atoms with Crippen molar-refractivity contribution in [3.8, 4) is 0 Å². The number of hydrogen-bond donors (Lipinski definition) is 1. The fraction of sp³-hybridized carbons (Fsp3) is 0.429. The van der Waals surface area contributed by atoms with Gasteiger partial charge in [0.15, 0.2) is 0 Å². The van der Waals surface area contributed by atoms with Crippen LogP contribution < -0.4 is 0 Å². The van der Waals surface area contributed by atoms with Crippen molar-refractivity contribution in [1.29, 1.82) is 0 Å². The number of carboxylic acid groups (broad SMARTS) is 1. The predicted molar refractivity (Wildman–Crippen MR) is 43.2 cm³/mol. The first-order chi connectivity index (χ1) is 5.13. The molecule has 0 saturated carbocycles. The summed E-state index contributed by atoms with van der Waals surface area (Å²) in [7, 11) is 0. The monoisotopic (exact) mass is 171 g/mol. The Bertz CT molecular complexity index is 267. The molecule has 0 aromatic carbocycles. The van der Waals surface area contributed by atoms with Crippen LogP contribution in [-0.2, 0) is 0 Å². The van der Waals surface area contributed by atoms with Gasteiger partial charge in [0, 0.05) is 11.8 Å². The molecule has 0 atom stereocenters. The Labute approximate surface area is 68.8 Å². The van der Waals surface area contributed by atoms with E-state index in [0.29, 0.717) is 4.88 Å². The van der Waals surface area contributed by atoms with Gasteiger partial charge in [-0.1, -0.05) is 13.8 Å². The number of carbonyl (C=O) groups is 1. The van der Waals surface area contributed by atoms with E-state index in [-0.39, 0.29) is 5.92 Å². The number of rotatable bonds is 2. The zero-order valence-electron chi connectivity index (χ0n) is 6.37. The van der Waals surface area contributed by atoms with Gasteiger partial charge in [0.2, 0.25) is 0 Å². The SMILES string of the molecule is CC(C)c1cnsc1C(=O)O. The van der Waals surface area contributed by atoms with Gasteiger partial charge in [0.05, 0.1) is 0 Å². The largest absolute Gasteiger partial charge is 0.477 e. The molecule has 11 heavy (non-hydrogen) atoms. The molecule has 1 rings (SSSR count). The van der Waals surface area contributed by atoms with Crippen molar-refractivity contribution in [2.45, 2.75) is 19.8 Å². The Morgan fingerprint density at radius 3 is 2.73 bits per heavy atom. The molecule has 1 aromatic rings. The fourth-order valence-electron chi connectivity index (χ4n) is 0.821. The summed E-state index contributed by atoms with van der Waals surface area (Å²) in [6.07, 6.45) is 1.62. The third kappa shape index (κ3) is 1.57. The average Bonchev–Trinajstić information content (AvgIpc) is 2.32. The number of aromatic nitrogens is 1. The topological polar surface area (TPSA) is 50.2 Å². The summed E-state index contributed by atoms with van der Waals surface area (Å²) in [5.41, 5.74) is 0.822. The van der Waals surface area contributed by atoms with E-state index in [1.165, 1.54) is 0 Å². The standard InChI is InChI=1S/C7H9NO2S/c1-4(2)5-3-8-11-6(5)7(9)10/h3-4H,1-2H3,(H,9,10). The van der Waals surface area contributed by atoms with Gasteiger partial charge in [-0.25, -0.2) is 9.17 Å². The third-order valence-corrected chi connectivity index (χ3v) is 2.22. The van der Waals surface area contributed by atoms with Crippen LogP contribution >= 0.6 is 11.5 Å². The second-order valence-corrected chi connectivity index (χ2v) is 3.37. The first-order valence-electron chi connectivity index (χ1n) is 3.30. The van der Waals surface area contributed by atoms with Crippen LogP contribution in [0.3, 0.4) is 0 Å². The normalized spacial score (nSPS) is 10.5. The molecule has 0 spiro atoms. The second-order valence-electron chi connectivity index (χ2n) is 2.57. The van der Waals surface area contributed by atoms with E-state index in [1.807, 2.05) is 13.8 Å². The van der Waals surface area contributed by atoms with Crippen molar-refractivity contribution < 1.29 is 9.90 Å². The van der Waals surface area contributed by atoms with Crippen molar-refractivity contribution >= 4 is 17.5 Å². The molecule has 0 saturated heterocycles. The maximum Gasteiger partial charge on any atom is 0.347 e.